The lowest BCUT2D eigenvalue weighted by Gasteiger charge is -2.28. The molecule has 11 heteroatoms. The van der Waals surface area contributed by atoms with Gasteiger partial charge in [-0.25, -0.2) is 4.98 Å². The summed E-state index contributed by atoms with van der Waals surface area (Å²) in [5.41, 5.74) is 1.80. The molecule has 4 aromatic rings. The van der Waals surface area contributed by atoms with E-state index >= 15 is 0 Å². The van der Waals surface area contributed by atoms with Crippen LogP contribution in [-0.2, 0) is 7.05 Å². The standard InChI is InChI=1S/C24H23N7O4/c1-13-9-14(2)31(29-13)20(18-8-6-5-7-16(18)10-25)15(3)22-28-19(21(32)24(34)30(22)4)23(33)27-17-11-26-35-12-17/h5-9,11-12,15,20,32H,1-4H3,(H,27,33)/t15-,20+/m1/s1. The third-order valence-electron chi connectivity index (χ3n) is 5.80. The minimum absolute atomic E-state index is 0.230. The van der Waals surface area contributed by atoms with Gasteiger partial charge in [-0.1, -0.05) is 30.3 Å². The smallest absolute Gasteiger partial charge is 0.296 e. The Morgan fingerprint density at radius 1 is 1.29 bits per heavy atom. The summed E-state index contributed by atoms with van der Waals surface area (Å²) in [5.74, 6) is -1.88. The molecule has 0 saturated heterocycles. The molecular formula is C24H23N7O4. The fraction of sp³-hybridized carbons (Fsp3) is 0.250. The van der Waals surface area contributed by atoms with Crippen molar-refractivity contribution in [3.05, 3.63) is 87.2 Å². The molecule has 0 fully saturated rings. The van der Waals surface area contributed by atoms with Gasteiger partial charge in [-0.05, 0) is 31.5 Å². The highest BCUT2D eigenvalue weighted by Crippen LogP contribution is 2.36. The number of nitrogens with zero attached hydrogens (tertiary/aromatic N) is 6. The normalized spacial score (nSPS) is 12.7. The van der Waals surface area contributed by atoms with E-state index in [-0.39, 0.29) is 11.5 Å². The van der Waals surface area contributed by atoms with E-state index in [2.05, 4.69) is 26.6 Å². The van der Waals surface area contributed by atoms with Crippen LogP contribution in [-0.4, -0.2) is 35.5 Å². The number of anilines is 1. The molecule has 0 aliphatic heterocycles. The van der Waals surface area contributed by atoms with Crippen LogP contribution >= 0.6 is 0 Å². The van der Waals surface area contributed by atoms with Crippen LogP contribution in [0, 0.1) is 25.2 Å². The number of aromatic nitrogens is 5. The number of hydrogen-bond donors (Lipinski definition) is 2. The van der Waals surface area contributed by atoms with Gasteiger partial charge in [0.25, 0.3) is 11.5 Å². The molecule has 0 bridgehead atoms. The lowest BCUT2D eigenvalue weighted by molar-refractivity contribution is 0.101. The second-order valence-electron chi connectivity index (χ2n) is 8.20. The molecule has 0 radical (unpaired) electrons. The molecule has 0 unspecified atom stereocenters. The molecule has 4 rings (SSSR count). The van der Waals surface area contributed by atoms with Gasteiger partial charge < -0.3 is 14.9 Å². The summed E-state index contributed by atoms with van der Waals surface area (Å²) in [6, 6.07) is 10.7. The van der Waals surface area contributed by atoms with Crippen LogP contribution in [0.2, 0.25) is 0 Å². The number of hydrogen-bond acceptors (Lipinski definition) is 8. The van der Waals surface area contributed by atoms with Gasteiger partial charge in [-0.3, -0.25) is 18.8 Å². The summed E-state index contributed by atoms with van der Waals surface area (Å²) >= 11 is 0. The molecule has 2 N–H and O–H groups in total. The number of carbonyl (C=O) groups excluding carboxylic acids is 1. The minimum atomic E-state index is -0.795. The van der Waals surface area contributed by atoms with Crippen molar-refractivity contribution in [3.63, 3.8) is 0 Å². The second kappa shape index (κ2) is 9.26. The third-order valence-corrected chi connectivity index (χ3v) is 5.80. The average molecular weight is 473 g/mol. The number of nitrogens with one attached hydrogen (secondary N) is 1. The lowest BCUT2D eigenvalue weighted by atomic mass is 9.90. The lowest BCUT2D eigenvalue weighted by Crippen LogP contribution is -2.31. The van der Waals surface area contributed by atoms with Crippen molar-refractivity contribution in [2.24, 2.45) is 7.05 Å². The predicted molar refractivity (Wildman–Crippen MR) is 125 cm³/mol. The van der Waals surface area contributed by atoms with E-state index < -0.39 is 34.9 Å². The summed E-state index contributed by atoms with van der Waals surface area (Å²) in [4.78, 5) is 30.1. The molecule has 178 valence electrons. The summed E-state index contributed by atoms with van der Waals surface area (Å²) in [5, 5.41) is 30.8. The molecule has 11 nitrogen and oxygen atoms in total. The van der Waals surface area contributed by atoms with Crippen molar-refractivity contribution >= 4 is 11.6 Å². The van der Waals surface area contributed by atoms with Crippen molar-refractivity contribution in [2.45, 2.75) is 32.7 Å². The van der Waals surface area contributed by atoms with Crippen molar-refractivity contribution in [2.75, 3.05) is 5.32 Å². The van der Waals surface area contributed by atoms with Crippen LogP contribution in [0.15, 0.2) is 52.1 Å². The van der Waals surface area contributed by atoms with Gasteiger partial charge in [0.2, 0.25) is 5.75 Å². The van der Waals surface area contributed by atoms with E-state index in [0.29, 0.717) is 11.1 Å². The summed E-state index contributed by atoms with van der Waals surface area (Å²) in [7, 11) is 1.47. The zero-order chi connectivity index (χ0) is 25.3. The molecule has 3 aromatic heterocycles. The van der Waals surface area contributed by atoms with Gasteiger partial charge >= 0.3 is 0 Å². The van der Waals surface area contributed by atoms with E-state index in [0.717, 1.165) is 11.4 Å². The van der Waals surface area contributed by atoms with Gasteiger partial charge in [0, 0.05) is 18.7 Å². The van der Waals surface area contributed by atoms with Crippen LogP contribution in [0.5, 0.6) is 5.75 Å². The van der Waals surface area contributed by atoms with E-state index in [1.54, 1.807) is 16.8 Å². The van der Waals surface area contributed by atoms with Crippen LogP contribution < -0.4 is 10.9 Å². The van der Waals surface area contributed by atoms with Crippen LogP contribution in [0.4, 0.5) is 5.69 Å². The topological polar surface area (TPSA) is 152 Å². The molecule has 0 saturated carbocycles. The third kappa shape index (κ3) is 4.29. The van der Waals surface area contributed by atoms with Gasteiger partial charge in [0.15, 0.2) is 5.69 Å². The predicted octanol–water partition coefficient (Wildman–Crippen LogP) is 2.80. The maximum atomic E-state index is 12.9. The Bertz CT molecular complexity index is 1500. The first-order chi connectivity index (χ1) is 16.7. The van der Waals surface area contributed by atoms with Crippen LogP contribution in [0.3, 0.4) is 0 Å². The summed E-state index contributed by atoms with van der Waals surface area (Å²) in [6.45, 7) is 5.59. The molecule has 1 amide bonds. The number of rotatable bonds is 6. The first kappa shape index (κ1) is 23.4. The average Bonchev–Trinajstić information content (AvgIpc) is 3.47. The first-order valence-electron chi connectivity index (χ1n) is 10.7. The molecule has 0 aliphatic rings. The highest BCUT2D eigenvalue weighted by atomic mass is 16.5. The van der Waals surface area contributed by atoms with Gasteiger partial charge in [0.1, 0.15) is 17.8 Å². The van der Waals surface area contributed by atoms with Crippen LogP contribution in [0.25, 0.3) is 0 Å². The maximum Gasteiger partial charge on any atom is 0.296 e. The number of aromatic hydroxyl groups is 1. The Balaban J connectivity index is 1.88. The number of nitriles is 1. The molecule has 35 heavy (non-hydrogen) atoms. The van der Waals surface area contributed by atoms with Gasteiger partial charge in [-0.2, -0.15) is 10.4 Å². The van der Waals surface area contributed by atoms with E-state index in [1.165, 1.54) is 24.1 Å². The van der Waals surface area contributed by atoms with Crippen molar-refractivity contribution in [1.29, 1.82) is 5.26 Å². The highest BCUT2D eigenvalue weighted by molar-refractivity contribution is 6.04. The second-order valence-corrected chi connectivity index (χ2v) is 8.20. The SMILES string of the molecule is Cc1cc(C)n([C@H](c2ccccc2C#N)[C@@H](C)c2nc(C(=O)Nc3cnoc3)c(O)c(=O)n2C)n1. The zero-order valence-electron chi connectivity index (χ0n) is 19.6. The fourth-order valence-electron chi connectivity index (χ4n) is 4.17. The van der Waals surface area contributed by atoms with Crippen molar-refractivity contribution in [3.8, 4) is 11.8 Å². The first-order valence-corrected chi connectivity index (χ1v) is 10.7. The van der Waals surface area contributed by atoms with Crippen molar-refractivity contribution in [1.82, 2.24) is 24.5 Å². The zero-order valence-corrected chi connectivity index (χ0v) is 19.6. The molecule has 0 aliphatic carbocycles. The van der Waals surface area contributed by atoms with E-state index in [9.17, 15) is 20.0 Å². The number of benzene rings is 1. The Morgan fingerprint density at radius 3 is 2.66 bits per heavy atom. The van der Waals surface area contributed by atoms with E-state index in [4.69, 9.17) is 4.52 Å². The van der Waals surface area contributed by atoms with Crippen molar-refractivity contribution < 1.29 is 14.4 Å². The minimum Gasteiger partial charge on any atom is -0.501 e. The van der Waals surface area contributed by atoms with Crippen LogP contribution in [0.1, 0.15) is 57.7 Å². The molecule has 1 aromatic carbocycles. The Labute approximate surface area is 200 Å². The fourth-order valence-corrected chi connectivity index (χ4v) is 4.17. The monoisotopic (exact) mass is 473 g/mol. The largest absolute Gasteiger partial charge is 0.501 e. The molecular weight excluding hydrogens is 450 g/mol. The molecule has 3 heterocycles. The Morgan fingerprint density at radius 2 is 2.03 bits per heavy atom. The van der Waals surface area contributed by atoms with E-state index in [1.807, 2.05) is 39.0 Å². The number of aryl methyl sites for hydroxylation is 2. The quantitative estimate of drug-likeness (QED) is 0.434. The summed E-state index contributed by atoms with van der Waals surface area (Å²) < 4.78 is 7.68. The van der Waals surface area contributed by atoms with Gasteiger partial charge in [0.05, 0.1) is 29.6 Å². The molecule has 2 atom stereocenters. The summed E-state index contributed by atoms with van der Waals surface area (Å²) in [6.07, 6.45) is 2.48. The maximum absolute atomic E-state index is 12.9. The number of amides is 1. The Kier molecular flexibility index (Phi) is 6.20. The number of carbonyl (C=O) groups is 1. The van der Waals surface area contributed by atoms with Gasteiger partial charge in [-0.15, -0.1) is 0 Å². The Hall–Kier alpha value is -4.72. The molecule has 0 spiro atoms. The highest BCUT2D eigenvalue weighted by Gasteiger charge is 2.32.